The van der Waals surface area contributed by atoms with Crippen molar-refractivity contribution < 1.29 is 9.53 Å². The first-order valence-electron chi connectivity index (χ1n) is 9.60. The van der Waals surface area contributed by atoms with E-state index in [-0.39, 0.29) is 30.5 Å². The van der Waals surface area contributed by atoms with Gasteiger partial charge in [-0.2, -0.15) is 5.10 Å². The maximum atomic E-state index is 12.1. The number of aromatic nitrogens is 2. The minimum absolute atomic E-state index is 0.0918. The standard InChI is InChI=1S/C21H27N3O3/c1-15(2)16-5-7-17(8-6-16)19-9-10-21(26)24(23-19)12-11-20(25)22-14-18-4-3-13-27-18/h5-10,15,18H,3-4,11-14H2,1-2H3,(H,22,25). The first-order valence-corrected chi connectivity index (χ1v) is 9.60. The van der Waals surface area contributed by atoms with E-state index in [4.69, 9.17) is 4.74 Å². The van der Waals surface area contributed by atoms with E-state index in [1.807, 2.05) is 12.1 Å². The van der Waals surface area contributed by atoms with Crippen molar-refractivity contribution >= 4 is 5.91 Å². The summed E-state index contributed by atoms with van der Waals surface area (Å²) in [5, 5.41) is 7.30. The van der Waals surface area contributed by atoms with Gasteiger partial charge in [-0.25, -0.2) is 4.68 Å². The second kappa shape index (κ2) is 8.95. The molecular weight excluding hydrogens is 342 g/mol. The lowest BCUT2D eigenvalue weighted by Gasteiger charge is -2.11. The van der Waals surface area contributed by atoms with Gasteiger partial charge in [0.05, 0.1) is 18.3 Å². The molecule has 2 aromatic rings. The number of hydrogen-bond donors (Lipinski definition) is 1. The van der Waals surface area contributed by atoms with Crippen LogP contribution in [0, 0.1) is 0 Å². The van der Waals surface area contributed by atoms with Crippen molar-refractivity contribution in [3.05, 3.63) is 52.3 Å². The number of carbonyl (C=O) groups excluding carboxylic acids is 1. The van der Waals surface area contributed by atoms with Gasteiger partial charge in [-0.1, -0.05) is 38.1 Å². The second-order valence-corrected chi connectivity index (χ2v) is 7.25. The summed E-state index contributed by atoms with van der Waals surface area (Å²) in [6, 6.07) is 11.4. The number of ether oxygens (including phenoxy) is 1. The molecule has 0 bridgehead atoms. The lowest BCUT2D eigenvalue weighted by molar-refractivity contribution is -0.121. The zero-order valence-corrected chi connectivity index (χ0v) is 16.0. The number of aryl methyl sites for hydroxylation is 1. The number of amides is 1. The Kier molecular flexibility index (Phi) is 6.40. The van der Waals surface area contributed by atoms with Gasteiger partial charge >= 0.3 is 0 Å². The van der Waals surface area contributed by atoms with Crippen molar-refractivity contribution in [2.45, 2.75) is 51.7 Å². The molecule has 144 valence electrons. The molecule has 3 rings (SSSR count). The van der Waals surface area contributed by atoms with Crippen LogP contribution in [0.15, 0.2) is 41.2 Å². The first-order chi connectivity index (χ1) is 13.0. The number of benzene rings is 1. The highest BCUT2D eigenvalue weighted by molar-refractivity contribution is 5.75. The molecule has 27 heavy (non-hydrogen) atoms. The Bertz CT molecular complexity index is 821. The lowest BCUT2D eigenvalue weighted by Crippen LogP contribution is -2.33. The van der Waals surface area contributed by atoms with Crippen molar-refractivity contribution in [2.24, 2.45) is 0 Å². The molecule has 0 radical (unpaired) electrons. The van der Waals surface area contributed by atoms with Gasteiger partial charge in [0, 0.05) is 31.2 Å². The Labute approximate surface area is 159 Å². The molecule has 1 unspecified atom stereocenters. The average Bonchev–Trinajstić information content (AvgIpc) is 3.19. The van der Waals surface area contributed by atoms with Crippen LogP contribution in [0.25, 0.3) is 11.3 Å². The van der Waals surface area contributed by atoms with Crippen LogP contribution < -0.4 is 10.9 Å². The van der Waals surface area contributed by atoms with Crippen LogP contribution in [0.4, 0.5) is 0 Å². The maximum absolute atomic E-state index is 12.1. The average molecular weight is 369 g/mol. The van der Waals surface area contributed by atoms with Crippen molar-refractivity contribution in [1.29, 1.82) is 0 Å². The van der Waals surface area contributed by atoms with E-state index in [0.717, 1.165) is 30.7 Å². The molecule has 6 nitrogen and oxygen atoms in total. The molecule has 1 N–H and O–H groups in total. The van der Waals surface area contributed by atoms with E-state index in [1.165, 1.54) is 16.3 Å². The van der Waals surface area contributed by atoms with Crippen molar-refractivity contribution in [1.82, 2.24) is 15.1 Å². The minimum Gasteiger partial charge on any atom is -0.376 e. The first kappa shape index (κ1) is 19.3. The molecule has 0 saturated carbocycles. The molecule has 1 saturated heterocycles. The predicted octanol–water partition coefficient (Wildman–Crippen LogP) is 2.72. The molecule has 1 atom stereocenters. The summed E-state index contributed by atoms with van der Waals surface area (Å²) >= 11 is 0. The van der Waals surface area contributed by atoms with E-state index in [0.29, 0.717) is 12.5 Å². The van der Waals surface area contributed by atoms with Gasteiger partial charge in [-0.05, 0) is 30.4 Å². The molecule has 0 aliphatic carbocycles. The van der Waals surface area contributed by atoms with Crippen LogP contribution in [0.1, 0.15) is 44.6 Å². The monoisotopic (exact) mass is 369 g/mol. The second-order valence-electron chi connectivity index (χ2n) is 7.25. The summed E-state index contributed by atoms with van der Waals surface area (Å²) in [5.74, 6) is 0.375. The van der Waals surface area contributed by atoms with Crippen molar-refractivity contribution in [3.8, 4) is 11.3 Å². The third-order valence-corrected chi connectivity index (χ3v) is 4.84. The third kappa shape index (κ3) is 5.26. The number of nitrogens with zero attached hydrogens (tertiary/aromatic N) is 2. The fourth-order valence-electron chi connectivity index (χ4n) is 3.13. The normalized spacial score (nSPS) is 16.6. The van der Waals surface area contributed by atoms with Crippen LogP contribution in [-0.2, 0) is 16.1 Å². The fourth-order valence-corrected chi connectivity index (χ4v) is 3.13. The van der Waals surface area contributed by atoms with E-state index in [1.54, 1.807) is 6.07 Å². The van der Waals surface area contributed by atoms with Crippen LogP contribution in [0.2, 0.25) is 0 Å². The van der Waals surface area contributed by atoms with Crippen molar-refractivity contribution in [2.75, 3.05) is 13.2 Å². The summed E-state index contributed by atoms with van der Waals surface area (Å²) in [4.78, 5) is 24.1. The highest BCUT2D eigenvalue weighted by atomic mass is 16.5. The maximum Gasteiger partial charge on any atom is 0.266 e. The van der Waals surface area contributed by atoms with Crippen molar-refractivity contribution in [3.63, 3.8) is 0 Å². The number of carbonyl (C=O) groups is 1. The Hall–Kier alpha value is -2.47. The number of nitrogens with one attached hydrogen (secondary N) is 1. The molecule has 6 heteroatoms. The smallest absolute Gasteiger partial charge is 0.266 e. The molecule has 1 aliphatic rings. The largest absolute Gasteiger partial charge is 0.376 e. The topological polar surface area (TPSA) is 73.2 Å². The number of rotatable bonds is 7. The van der Waals surface area contributed by atoms with E-state index >= 15 is 0 Å². The molecule has 1 fully saturated rings. The molecule has 1 aromatic heterocycles. The van der Waals surface area contributed by atoms with Crippen LogP contribution in [0.5, 0.6) is 0 Å². The van der Waals surface area contributed by atoms with Crippen LogP contribution >= 0.6 is 0 Å². The molecule has 2 heterocycles. The third-order valence-electron chi connectivity index (χ3n) is 4.84. The van der Waals surface area contributed by atoms with Gasteiger partial charge in [0.2, 0.25) is 5.91 Å². The van der Waals surface area contributed by atoms with Crippen LogP contribution in [0.3, 0.4) is 0 Å². The SMILES string of the molecule is CC(C)c1ccc(-c2ccc(=O)n(CCC(=O)NCC3CCCO3)n2)cc1. The Morgan fingerprint density at radius 2 is 2.04 bits per heavy atom. The minimum atomic E-state index is -0.204. The molecular formula is C21H27N3O3. The quantitative estimate of drug-likeness (QED) is 0.814. The summed E-state index contributed by atoms with van der Waals surface area (Å²) in [6.07, 6.45) is 2.37. The summed E-state index contributed by atoms with van der Waals surface area (Å²) in [5.41, 5.74) is 2.74. The molecule has 1 aliphatic heterocycles. The zero-order valence-electron chi connectivity index (χ0n) is 16.0. The Balaban J connectivity index is 1.61. The zero-order chi connectivity index (χ0) is 19.2. The predicted molar refractivity (Wildman–Crippen MR) is 105 cm³/mol. The highest BCUT2D eigenvalue weighted by Crippen LogP contribution is 2.20. The van der Waals surface area contributed by atoms with Gasteiger partial charge in [-0.15, -0.1) is 0 Å². The van der Waals surface area contributed by atoms with E-state index in [2.05, 4.69) is 36.4 Å². The number of hydrogen-bond acceptors (Lipinski definition) is 4. The van der Waals surface area contributed by atoms with Gasteiger partial charge in [0.25, 0.3) is 5.56 Å². The van der Waals surface area contributed by atoms with E-state index < -0.39 is 0 Å². The fraction of sp³-hybridized carbons (Fsp3) is 0.476. The summed E-state index contributed by atoms with van der Waals surface area (Å²) in [7, 11) is 0. The lowest BCUT2D eigenvalue weighted by atomic mass is 10.0. The van der Waals surface area contributed by atoms with Gasteiger partial charge in [-0.3, -0.25) is 9.59 Å². The van der Waals surface area contributed by atoms with Gasteiger partial charge < -0.3 is 10.1 Å². The summed E-state index contributed by atoms with van der Waals surface area (Å²) in [6.45, 7) is 5.86. The van der Waals surface area contributed by atoms with Crippen LogP contribution in [-0.4, -0.2) is 34.9 Å². The van der Waals surface area contributed by atoms with Gasteiger partial charge in [0.1, 0.15) is 0 Å². The molecule has 1 amide bonds. The Morgan fingerprint density at radius 1 is 1.26 bits per heavy atom. The Morgan fingerprint density at radius 3 is 2.70 bits per heavy atom. The summed E-state index contributed by atoms with van der Waals surface area (Å²) < 4.78 is 6.85. The molecule has 0 spiro atoms. The highest BCUT2D eigenvalue weighted by Gasteiger charge is 2.16. The van der Waals surface area contributed by atoms with E-state index in [9.17, 15) is 9.59 Å². The molecule has 1 aromatic carbocycles. The van der Waals surface area contributed by atoms with Gasteiger partial charge in [0.15, 0.2) is 0 Å².